The van der Waals surface area contributed by atoms with Crippen molar-refractivity contribution in [1.82, 2.24) is 14.8 Å². The molecule has 0 bridgehead atoms. The van der Waals surface area contributed by atoms with E-state index in [-0.39, 0.29) is 23.8 Å². The van der Waals surface area contributed by atoms with Gasteiger partial charge in [-0.05, 0) is 18.6 Å². The first-order valence-electron chi connectivity index (χ1n) is 8.79. The summed E-state index contributed by atoms with van der Waals surface area (Å²) in [5.41, 5.74) is 0. The summed E-state index contributed by atoms with van der Waals surface area (Å²) in [6.45, 7) is 4.09. The molecule has 0 unspecified atom stereocenters. The van der Waals surface area contributed by atoms with Crippen LogP contribution in [0.5, 0.6) is 5.75 Å². The van der Waals surface area contributed by atoms with Crippen molar-refractivity contribution in [2.75, 3.05) is 45.2 Å². The molecule has 2 fully saturated rings. The number of nitrogens with zero attached hydrogens (tertiary/aromatic N) is 4. The van der Waals surface area contributed by atoms with Gasteiger partial charge in [0, 0.05) is 53.3 Å². The van der Waals surface area contributed by atoms with Gasteiger partial charge in [0.25, 0.3) is 0 Å². The summed E-state index contributed by atoms with van der Waals surface area (Å²) in [5, 5.41) is 0. The van der Waals surface area contributed by atoms with Gasteiger partial charge in [0.1, 0.15) is 6.10 Å². The fraction of sp³-hybridized carbons (Fsp3) is 0.611. The Morgan fingerprint density at radius 1 is 1.20 bits per heavy atom. The van der Waals surface area contributed by atoms with Gasteiger partial charge in [0.05, 0.1) is 12.5 Å². The molecule has 7 nitrogen and oxygen atoms in total. The molecule has 0 radical (unpaired) electrons. The van der Waals surface area contributed by atoms with Gasteiger partial charge in [0.2, 0.25) is 11.8 Å². The summed E-state index contributed by atoms with van der Waals surface area (Å²) in [6.07, 6.45) is 3.30. The molecule has 0 spiro atoms. The number of carbonyl (C=O) groups excluding carboxylic acids is 2. The molecular formula is C18H26N4O3. The number of pyridine rings is 1. The highest BCUT2D eigenvalue weighted by molar-refractivity contribution is 5.81. The largest absolute Gasteiger partial charge is 0.485 e. The zero-order valence-corrected chi connectivity index (χ0v) is 15.1. The smallest absolute Gasteiger partial charge is 0.227 e. The maximum atomic E-state index is 12.7. The molecule has 0 N–H and O–H groups in total. The van der Waals surface area contributed by atoms with E-state index in [0.29, 0.717) is 26.2 Å². The van der Waals surface area contributed by atoms with E-state index in [1.54, 1.807) is 18.0 Å². The van der Waals surface area contributed by atoms with E-state index in [9.17, 15) is 9.59 Å². The van der Waals surface area contributed by atoms with Gasteiger partial charge in [0.15, 0.2) is 11.6 Å². The maximum Gasteiger partial charge on any atom is 0.227 e. The van der Waals surface area contributed by atoms with Crippen LogP contribution in [0.3, 0.4) is 0 Å². The van der Waals surface area contributed by atoms with Crippen molar-refractivity contribution in [2.24, 2.45) is 5.92 Å². The lowest BCUT2D eigenvalue weighted by molar-refractivity contribution is -0.134. The Labute approximate surface area is 148 Å². The van der Waals surface area contributed by atoms with Crippen LogP contribution in [0, 0.1) is 5.92 Å². The Morgan fingerprint density at radius 2 is 1.96 bits per heavy atom. The van der Waals surface area contributed by atoms with Gasteiger partial charge in [-0.25, -0.2) is 4.98 Å². The van der Waals surface area contributed by atoms with Crippen LogP contribution in [0.1, 0.15) is 19.8 Å². The number of anilines is 1. The highest BCUT2D eigenvalue weighted by Gasteiger charge is 2.36. The third kappa shape index (κ3) is 3.86. The molecule has 1 aromatic heterocycles. The van der Waals surface area contributed by atoms with Crippen molar-refractivity contribution in [3.63, 3.8) is 0 Å². The van der Waals surface area contributed by atoms with Crippen LogP contribution >= 0.6 is 0 Å². The van der Waals surface area contributed by atoms with Crippen LogP contribution < -0.4 is 9.64 Å². The number of amides is 2. The number of ether oxygens (including phenoxy) is 1. The molecule has 2 atom stereocenters. The average molecular weight is 346 g/mol. The molecule has 1 aromatic rings. The summed E-state index contributed by atoms with van der Waals surface area (Å²) in [6, 6.07) is 3.77. The molecule has 7 heteroatoms. The molecule has 3 rings (SSSR count). The van der Waals surface area contributed by atoms with Crippen molar-refractivity contribution in [3.8, 4) is 5.75 Å². The highest BCUT2D eigenvalue weighted by atomic mass is 16.5. The first-order chi connectivity index (χ1) is 12.0. The summed E-state index contributed by atoms with van der Waals surface area (Å²) < 4.78 is 6.11. The minimum Gasteiger partial charge on any atom is -0.485 e. The highest BCUT2D eigenvalue weighted by Crippen LogP contribution is 2.28. The second-order valence-corrected chi connectivity index (χ2v) is 6.98. The molecule has 2 amide bonds. The number of aromatic nitrogens is 1. The Bertz CT molecular complexity index is 649. The lowest BCUT2D eigenvalue weighted by Crippen LogP contribution is -2.37. The van der Waals surface area contributed by atoms with E-state index in [4.69, 9.17) is 4.74 Å². The maximum absolute atomic E-state index is 12.7. The van der Waals surface area contributed by atoms with E-state index >= 15 is 0 Å². The second kappa shape index (κ2) is 7.29. The molecule has 2 aliphatic heterocycles. The molecule has 2 saturated heterocycles. The van der Waals surface area contributed by atoms with E-state index in [2.05, 4.69) is 4.98 Å². The van der Waals surface area contributed by atoms with E-state index in [1.807, 2.05) is 36.0 Å². The normalized spacial score (nSPS) is 23.0. The van der Waals surface area contributed by atoms with Gasteiger partial charge in [-0.1, -0.05) is 0 Å². The second-order valence-electron chi connectivity index (χ2n) is 6.98. The Morgan fingerprint density at radius 3 is 2.64 bits per heavy atom. The Balaban J connectivity index is 1.57. The van der Waals surface area contributed by atoms with Crippen LogP contribution in [-0.2, 0) is 9.59 Å². The van der Waals surface area contributed by atoms with Crippen molar-refractivity contribution in [1.29, 1.82) is 0 Å². The number of hydrogen-bond donors (Lipinski definition) is 0. The van der Waals surface area contributed by atoms with Crippen molar-refractivity contribution in [3.05, 3.63) is 18.3 Å². The van der Waals surface area contributed by atoms with E-state index in [0.717, 1.165) is 24.4 Å². The zero-order valence-electron chi connectivity index (χ0n) is 15.1. The minimum absolute atomic E-state index is 0.0165. The average Bonchev–Trinajstić information content (AvgIpc) is 3.24. The third-order valence-corrected chi connectivity index (χ3v) is 4.91. The first kappa shape index (κ1) is 17.5. The molecule has 25 heavy (non-hydrogen) atoms. The van der Waals surface area contributed by atoms with Crippen LogP contribution in [0.4, 0.5) is 5.82 Å². The lowest BCUT2D eigenvalue weighted by Gasteiger charge is -2.22. The monoisotopic (exact) mass is 346 g/mol. The Hall–Kier alpha value is -2.31. The molecule has 3 heterocycles. The summed E-state index contributed by atoms with van der Waals surface area (Å²) in [5.74, 6) is 1.66. The van der Waals surface area contributed by atoms with Crippen molar-refractivity contribution in [2.45, 2.75) is 25.9 Å². The molecule has 0 aliphatic carbocycles. The van der Waals surface area contributed by atoms with Crippen molar-refractivity contribution < 1.29 is 14.3 Å². The van der Waals surface area contributed by atoms with Crippen molar-refractivity contribution >= 4 is 17.6 Å². The topological polar surface area (TPSA) is 66.0 Å². The van der Waals surface area contributed by atoms with E-state index in [1.165, 1.54) is 0 Å². The quantitative estimate of drug-likeness (QED) is 0.814. The number of carbonyl (C=O) groups is 2. The number of hydrogen-bond acceptors (Lipinski definition) is 5. The predicted octanol–water partition coefficient (Wildman–Crippen LogP) is 0.996. The molecule has 0 aromatic carbocycles. The van der Waals surface area contributed by atoms with Gasteiger partial charge in [-0.3, -0.25) is 9.59 Å². The first-order valence-corrected chi connectivity index (χ1v) is 8.79. The predicted molar refractivity (Wildman–Crippen MR) is 94.5 cm³/mol. The van der Waals surface area contributed by atoms with Crippen LogP contribution in [-0.4, -0.2) is 73.0 Å². The molecule has 2 aliphatic rings. The summed E-state index contributed by atoms with van der Waals surface area (Å²) >= 11 is 0. The molecular weight excluding hydrogens is 320 g/mol. The minimum atomic E-state index is -0.0709. The Kier molecular flexibility index (Phi) is 5.11. The van der Waals surface area contributed by atoms with Gasteiger partial charge in [-0.15, -0.1) is 0 Å². The number of rotatable bonds is 4. The van der Waals surface area contributed by atoms with Gasteiger partial charge < -0.3 is 19.4 Å². The van der Waals surface area contributed by atoms with E-state index < -0.39 is 0 Å². The summed E-state index contributed by atoms with van der Waals surface area (Å²) in [7, 11) is 3.86. The lowest BCUT2D eigenvalue weighted by atomic mass is 10.1. The SMILES string of the molecule is CC(=O)N1CC[C@@H](C(=O)N2CC[C@H](Oc3cccnc3N(C)C)C2)C1. The standard InChI is InChI=1S/C18H26N4O3/c1-13(23)21-9-6-14(11-21)18(24)22-10-7-15(12-22)25-16-5-4-8-19-17(16)20(2)3/h4-5,8,14-15H,6-7,9-12H2,1-3H3/t14-,15+/m1/s1. The van der Waals surface area contributed by atoms with Gasteiger partial charge in [-0.2, -0.15) is 0 Å². The molecule has 136 valence electrons. The zero-order chi connectivity index (χ0) is 18.0. The fourth-order valence-electron chi connectivity index (χ4n) is 3.52. The van der Waals surface area contributed by atoms with Crippen LogP contribution in [0.15, 0.2) is 18.3 Å². The number of likely N-dealkylation sites (tertiary alicyclic amines) is 2. The van der Waals surface area contributed by atoms with Crippen LogP contribution in [0.2, 0.25) is 0 Å². The fourth-order valence-corrected chi connectivity index (χ4v) is 3.52. The molecule has 0 saturated carbocycles. The summed E-state index contributed by atoms with van der Waals surface area (Å²) in [4.78, 5) is 34.0. The van der Waals surface area contributed by atoms with Crippen LogP contribution in [0.25, 0.3) is 0 Å². The third-order valence-electron chi connectivity index (χ3n) is 4.91. The van der Waals surface area contributed by atoms with Gasteiger partial charge >= 0.3 is 0 Å².